The monoisotopic (exact) mass is 343 g/mol. The maximum atomic E-state index is 12.4. The number of nitrogens with zero attached hydrogens (tertiary/aromatic N) is 3. The lowest BCUT2D eigenvalue weighted by molar-refractivity contribution is -0.133. The molecule has 0 bridgehead atoms. The molecule has 1 fully saturated rings. The Labute approximate surface area is 146 Å². The van der Waals surface area contributed by atoms with Gasteiger partial charge in [0.2, 0.25) is 0 Å². The summed E-state index contributed by atoms with van der Waals surface area (Å²) in [5.41, 5.74) is 0.310. The van der Waals surface area contributed by atoms with Crippen LogP contribution in [0.5, 0.6) is 5.75 Å². The van der Waals surface area contributed by atoms with E-state index in [0.29, 0.717) is 43.4 Å². The molecule has 0 atom stereocenters. The lowest BCUT2D eigenvalue weighted by Crippen LogP contribution is -2.39. The van der Waals surface area contributed by atoms with Crippen molar-refractivity contribution in [3.63, 3.8) is 0 Å². The molecule has 1 saturated heterocycles. The van der Waals surface area contributed by atoms with Gasteiger partial charge in [-0.2, -0.15) is 0 Å². The van der Waals surface area contributed by atoms with Crippen LogP contribution < -0.4 is 4.74 Å². The Bertz CT molecular complexity index is 729. The quantitative estimate of drug-likeness (QED) is 0.845. The Hall–Kier alpha value is -2.83. The van der Waals surface area contributed by atoms with E-state index in [9.17, 15) is 9.59 Å². The maximum Gasteiger partial charge on any atom is 0.276 e. The molecule has 7 nitrogen and oxygen atoms in total. The predicted molar refractivity (Wildman–Crippen MR) is 90.3 cm³/mol. The van der Waals surface area contributed by atoms with Gasteiger partial charge in [0.1, 0.15) is 11.5 Å². The molecule has 0 unspecified atom stereocenters. The van der Waals surface area contributed by atoms with Gasteiger partial charge in [-0.25, -0.2) is 0 Å². The van der Waals surface area contributed by atoms with Crippen molar-refractivity contribution in [3.05, 3.63) is 47.9 Å². The number of hydrogen-bond acceptors (Lipinski definition) is 5. The van der Waals surface area contributed by atoms with Crippen molar-refractivity contribution >= 4 is 11.8 Å². The SMILES string of the molecule is Cc1cc(C(=O)N2CCCN(C(=O)COc3ccccc3)CC2)no1. The zero-order valence-electron chi connectivity index (χ0n) is 14.2. The first-order valence-electron chi connectivity index (χ1n) is 8.32. The molecule has 1 aliphatic heterocycles. The molecule has 0 aliphatic carbocycles. The minimum atomic E-state index is -0.160. The van der Waals surface area contributed by atoms with Crippen LogP contribution in [0.15, 0.2) is 40.9 Å². The number of amides is 2. The summed E-state index contributed by atoms with van der Waals surface area (Å²) < 4.78 is 10.5. The van der Waals surface area contributed by atoms with E-state index >= 15 is 0 Å². The van der Waals surface area contributed by atoms with Gasteiger partial charge in [0, 0.05) is 32.2 Å². The normalized spacial score (nSPS) is 14.9. The third-order valence-corrected chi connectivity index (χ3v) is 4.09. The van der Waals surface area contributed by atoms with E-state index in [4.69, 9.17) is 9.26 Å². The van der Waals surface area contributed by atoms with E-state index in [2.05, 4.69) is 5.16 Å². The Morgan fingerprint density at radius 2 is 1.84 bits per heavy atom. The van der Waals surface area contributed by atoms with Gasteiger partial charge in [0.05, 0.1) is 0 Å². The topological polar surface area (TPSA) is 75.9 Å². The predicted octanol–water partition coefficient (Wildman–Crippen LogP) is 1.74. The number of ether oxygens (including phenoxy) is 1. The van der Waals surface area contributed by atoms with Crippen LogP contribution in [0, 0.1) is 6.92 Å². The van der Waals surface area contributed by atoms with Crippen molar-refractivity contribution in [2.24, 2.45) is 0 Å². The molecular formula is C18H21N3O4. The second-order valence-electron chi connectivity index (χ2n) is 5.95. The van der Waals surface area contributed by atoms with Gasteiger partial charge >= 0.3 is 0 Å². The van der Waals surface area contributed by atoms with Gasteiger partial charge in [-0.05, 0) is 25.5 Å². The minimum absolute atomic E-state index is 0.000437. The van der Waals surface area contributed by atoms with E-state index in [-0.39, 0.29) is 18.4 Å². The second kappa shape index (κ2) is 7.83. The number of aryl methyl sites for hydroxylation is 1. The fraction of sp³-hybridized carbons (Fsp3) is 0.389. The molecule has 2 aromatic rings. The number of carbonyl (C=O) groups excluding carboxylic acids is 2. The molecule has 1 aromatic heterocycles. The molecule has 2 amide bonds. The summed E-state index contributed by atoms with van der Waals surface area (Å²) in [4.78, 5) is 28.2. The van der Waals surface area contributed by atoms with E-state index in [1.54, 1.807) is 22.8 Å². The van der Waals surface area contributed by atoms with Crippen LogP contribution in [0.4, 0.5) is 0 Å². The van der Waals surface area contributed by atoms with Gasteiger partial charge in [-0.1, -0.05) is 23.4 Å². The molecule has 3 rings (SSSR count). The van der Waals surface area contributed by atoms with Gasteiger partial charge in [-0.15, -0.1) is 0 Å². The van der Waals surface area contributed by atoms with Crippen LogP contribution in [-0.4, -0.2) is 59.6 Å². The molecule has 0 radical (unpaired) electrons. The highest BCUT2D eigenvalue weighted by molar-refractivity contribution is 5.92. The summed E-state index contributed by atoms with van der Waals surface area (Å²) in [5.74, 6) is 1.04. The molecule has 25 heavy (non-hydrogen) atoms. The van der Waals surface area contributed by atoms with E-state index in [1.807, 2.05) is 30.3 Å². The summed E-state index contributed by atoms with van der Waals surface area (Å²) in [6.45, 7) is 3.91. The summed E-state index contributed by atoms with van der Waals surface area (Å²) in [7, 11) is 0. The van der Waals surface area contributed by atoms with E-state index < -0.39 is 0 Å². The second-order valence-corrected chi connectivity index (χ2v) is 5.95. The number of para-hydroxylation sites is 1. The van der Waals surface area contributed by atoms with Crippen LogP contribution in [0.25, 0.3) is 0 Å². The molecule has 0 spiro atoms. The Kier molecular flexibility index (Phi) is 5.33. The average molecular weight is 343 g/mol. The largest absolute Gasteiger partial charge is 0.484 e. The first-order valence-corrected chi connectivity index (χ1v) is 8.32. The first-order chi connectivity index (χ1) is 12.1. The smallest absolute Gasteiger partial charge is 0.276 e. The molecule has 132 valence electrons. The highest BCUT2D eigenvalue weighted by Gasteiger charge is 2.24. The summed E-state index contributed by atoms with van der Waals surface area (Å²) >= 11 is 0. The lowest BCUT2D eigenvalue weighted by Gasteiger charge is -2.21. The van der Waals surface area contributed by atoms with E-state index in [1.165, 1.54) is 0 Å². The molecule has 0 saturated carbocycles. The van der Waals surface area contributed by atoms with Crippen molar-refractivity contribution < 1.29 is 18.8 Å². The number of carbonyl (C=O) groups is 2. The van der Waals surface area contributed by atoms with Gasteiger partial charge in [0.15, 0.2) is 12.3 Å². The molecule has 0 N–H and O–H groups in total. The lowest BCUT2D eigenvalue weighted by atomic mass is 10.3. The van der Waals surface area contributed by atoms with Crippen molar-refractivity contribution in [2.75, 3.05) is 32.8 Å². The van der Waals surface area contributed by atoms with Gasteiger partial charge in [0.25, 0.3) is 11.8 Å². The highest BCUT2D eigenvalue weighted by Crippen LogP contribution is 2.11. The van der Waals surface area contributed by atoms with E-state index in [0.717, 1.165) is 6.42 Å². The van der Waals surface area contributed by atoms with Crippen LogP contribution in [0.1, 0.15) is 22.7 Å². The third-order valence-electron chi connectivity index (χ3n) is 4.09. The zero-order valence-corrected chi connectivity index (χ0v) is 14.2. The molecule has 7 heteroatoms. The Morgan fingerprint density at radius 3 is 2.56 bits per heavy atom. The maximum absolute atomic E-state index is 12.4. The number of aromatic nitrogens is 1. The molecular weight excluding hydrogens is 322 g/mol. The minimum Gasteiger partial charge on any atom is -0.484 e. The first kappa shape index (κ1) is 17.0. The number of benzene rings is 1. The van der Waals surface area contributed by atoms with Gasteiger partial charge in [-0.3, -0.25) is 9.59 Å². The molecule has 1 aromatic carbocycles. The third kappa shape index (κ3) is 4.37. The van der Waals surface area contributed by atoms with Crippen LogP contribution in [0.2, 0.25) is 0 Å². The van der Waals surface area contributed by atoms with Crippen molar-refractivity contribution in [3.8, 4) is 5.75 Å². The summed E-state index contributed by atoms with van der Waals surface area (Å²) in [6.07, 6.45) is 0.722. The van der Waals surface area contributed by atoms with Gasteiger partial charge < -0.3 is 19.1 Å². The van der Waals surface area contributed by atoms with Crippen LogP contribution >= 0.6 is 0 Å². The van der Waals surface area contributed by atoms with Crippen molar-refractivity contribution in [1.82, 2.24) is 15.0 Å². The van der Waals surface area contributed by atoms with Crippen LogP contribution in [-0.2, 0) is 4.79 Å². The molecule has 1 aliphatic rings. The number of hydrogen-bond donors (Lipinski definition) is 0. The summed E-state index contributed by atoms with van der Waals surface area (Å²) in [6, 6.07) is 10.9. The van der Waals surface area contributed by atoms with Crippen molar-refractivity contribution in [2.45, 2.75) is 13.3 Å². The van der Waals surface area contributed by atoms with Crippen LogP contribution in [0.3, 0.4) is 0 Å². The number of rotatable bonds is 4. The average Bonchev–Trinajstić information content (AvgIpc) is 2.92. The fourth-order valence-corrected chi connectivity index (χ4v) is 2.75. The standard InChI is InChI=1S/C18H21N3O4/c1-14-12-16(19-25-14)18(23)21-9-5-8-20(10-11-21)17(22)13-24-15-6-3-2-4-7-15/h2-4,6-7,12H,5,8-11,13H2,1H3. The Balaban J connectivity index is 1.52. The van der Waals surface area contributed by atoms with Crippen molar-refractivity contribution in [1.29, 1.82) is 0 Å². The zero-order chi connectivity index (χ0) is 17.6. The summed E-state index contributed by atoms with van der Waals surface area (Å²) in [5, 5.41) is 3.77. The highest BCUT2D eigenvalue weighted by atomic mass is 16.5. The Morgan fingerprint density at radius 1 is 1.12 bits per heavy atom. The molecule has 2 heterocycles. The fourth-order valence-electron chi connectivity index (χ4n) is 2.75.